The van der Waals surface area contributed by atoms with E-state index >= 15 is 0 Å². The highest BCUT2D eigenvalue weighted by atomic mass is 16.1. The highest BCUT2D eigenvalue weighted by Gasteiger charge is 2.14. The summed E-state index contributed by atoms with van der Waals surface area (Å²) >= 11 is 0. The van der Waals surface area contributed by atoms with E-state index in [-0.39, 0.29) is 11.6 Å². The average molecular weight is 236 g/mol. The summed E-state index contributed by atoms with van der Waals surface area (Å²) < 4.78 is 1.72. The molecule has 17 heavy (non-hydrogen) atoms. The number of aromatic nitrogens is 1. The van der Waals surface area contributed by atoms with Crippen molar-refractivity contribution in [3.63, 3.8) is 0 Å². The van der Waals surface area contributed by atoms with Crippen LogP contribution in [0.5, 0.6) is 0 Å². The summed E-state index contributed by atoms with van der Waals surface area (Å²) in [6.07, 6.45) is 1.73. The molecule has 1 fully saturated rings. The van der Waals surface area contributed by atoms with Gasteiger partial charge in [0.05, 0.1) is 0 Å². The minimum Gasteiger partial charge on any atom is -0.398 e. The van der Waals surface area contributed by atoms with Gasteiger partial charge < -0.3 is 15.6 Å². The Morgan fingerprint density at radius 1 is 1.41 bits per heavy atom. The standard InChI is InChI=1S/C12H20N4O/c1-10(8-15-6-4-14-5-7-15)16-9-11(13)2-3-12(16)17/h2-3,9-10,14H,4-8,13H2,1H3. The number of anilines is 1. The van der Waals surface area contributed by atoms with Crippen LogP contribution in [-0.4, -0.2) is 42.2 Å². The van der Waals surface area contributed by atoms with Crippen molar-refractivity contribution in [1.29, 1.82) is 0 Å². The highest BCUT2D eigenvalue weighted by Crippen LogP contribution is 2.08. The molecule has 1 aromatic rings. The fourth-order valence-corrected chi connectivity index (χ4v) is 2.22. The van der Waals surface area contributed by atoms with Gasteiger partial charge in [0.25, 0.3) is 5.56 Å². The van der Waals surface area contributed by atoms with E-state index in [0.717, 1.165) is 32.7 Å². The quantitative estimate of drug-likeness (QED) is 0.769. The lowest BCUT2D eigenvalue weighted by atomic mass is 10.2. The van der Waals surface area contributed by atoms with Gasteiger partial charge in [0, 0.05) is 56.7 Å². The Morgan fingerprint density at radius 3 is 2.82 bits per heavy atom. The Morgan fingerprint density at radius 2 is 2.12 bits per heavy atom. The summed E-state index contributed by atoms with van der Waals surface area (Å²) in [5, 5.41) is 3.32. The van der Waals surface area contributed by atoms with E-state index in [9.17, 15) is 4.79 Å². The second-order valence-electron chi connectivity index (χ2n) is 4.61. The van der Waals surface area contributed by atoms with Crippen molar-refractivity contribution in [2.75, 3.05) is 38.5 Å². The minimum absolute atomic E-state index is 0.0156. The summed E-state index contributed by atoms with van der Waals surface area (Å²) in [5.74, 6) is 0. The third-order valence-electron chi connectivity index (χ3n) is 3.17. The monoisotopic (exact) mass is 236 g/mol. The first-order valence-corrected chi connectivity index (χ1v) is 6.07. The molecule has 0 bridgehead atoms. The van der Waals surface area contributed by atoms with Gasteiger partial charge in [0.1, 0.15) is 0 Å². The number of pyridine rings is 1. The average Bonchev–Trinajstić information content (AvgIpc) is 2.33. The molecule has 2 heterocycles. The summed E-state index contributed by atoms with van der Waals surface area (Å²) in [5.41, 5.74) is 6.37. The number of nitrogens with one attached hydrogen (secondary N) is 1. The second-order valence-corrected chi connectivity index (χ2v) is 4.61. The smallest absolute Gasteiger partial charge is 0.250 e. The zero-order valence-corrected chi connectivity index (χ0v) is 10.2. The molecule has 2 rings (SSSR count). The summed E-state index contributed by atoms with van der Waals surface area (Å²) in [6, 6.07) is 3.34. The van der Waals surface area contributed by atoms with Crippen molar-refractivity contribution in [2.24, 2.45) is 0 Å². The number of nitrogen functional groups attached to an aromatic ring is 1. The van der Waals surface area contributed by atoms with Gasteiger partial charge in [-0.3, -0.25) is 9.69 Å². The van der Waals surface area contributed by atoms with Crippen molar-refractivity contribution in [1.82, 2.24) is 14.8 Å². The molecule has 0 amide bonds. The predicted octanol–water partition coefficient (Wildman–Crippen LogP) is -0.103. The Bertz CT molecular complexity index is 423. The molecule has 0 saturated carbocycles. The van der Waals surface area contributed by atoms with Crippen molar-refractivity contribution in [3.8, 4) is 0 Å². The van der Waals surface area contributed by atoms with E-state index in [2.05, 4.69) is 17.1 Å². The lowest BCUT2D eigenvalue weighted by molar-refractivity contribution is 0.211. The number of hydrogen-bond acceptors (Lipinski definition) is 4. The van der Waals surface area contributed by atoms with Gasteiger partial charge in [-0.2, -0.15) is 0 Å². The van der Waals surface area contributed by atoms with Gasteiger partial charge in [0.2, 0.25) is 0 Å². The van der Waals surface area contributed by atoms with Crippen LogP contribution >= 0.6 is 0 Å². The molecule has 3 N–H and O–H groups in total. The van der Waals surface area contributed by atoms with Crippen LogP contribution in [0.15, 0.2) is 23.1 Å². The molecule has 0 radical (unpaired) electrons. The van der Waals surface area contributed by atoms with Crippen LogP contribution in [0.2, 0.25) is 0 Å². The van der Waals surface area contributed by atoms with Gasteiger partial charge in [-0.05, 0) is 13.0 Å². The maximum Gasteiger partial charge on any atom is 0.250 e. The maximum atomic E-state index is 11.7. The van der Waals surface area contributed by atoms with Crippen LogP contribution in [0.4, 0.5) is 5.69 Å². The number of hydrogen-bond donors (Lipinski definition) is 2. The Balaban J connectivity index is 2.05. The fourth-order valence-electron chi connectivity index (χ4n) is 2.22. The summed E-state index contributed by atoms with van der Waals surface area (Å²) in [4.78, 5) is 14.1. The number of nitrogens with two attached hydrogens (primary N) is 1. The predicted molar refractivity (Wildman–Crippen MR) is 69.1 cm³/mol. The molecule has 1 saturated heterocycles. The van der Waals surface area contributed by atoms with Gasteiger partial charge in [-0.25, -0.2) is 0 Å². The SMILES string of the molecule is CC(CN1CCNCC1)n1cc(N)ccc1=O. The Kier molecular flexibility index (Phi) is 3.81. The van der Waals surface area contributed by atoms with Crippen LogP contribution in [0, 0.1) is 0 Å². The van der Waals surface area contributed by atoms with Gasteiger partial charge in [-0.15, -0.1) is 0 Å². The molecule has 1 unspecified atom stereocenters. The van der Waals surface area contributed by atoms with E-state index < -0.39 is 0 Å². The molecule has 1 aromatic heterocycles. The van der Waals surface area contributed by atoms with Crippen LogP contribution in [-0.2, 0) is 0 Å². The third-order valence-corrected chi connectivity index (χ3v) is 3.17. The topological polar surface area (TPSA) is 63.3 Å². The molecule has 94 valence electrons. The van der Waals surface area contributed by atoms with E-state index in [0.29, 0.717) is 5.69 Å². The van der Waals surface area contributed by atoms with Gasteiger partial charge in [0.15, 0.2) is 0 Å². The van der Waals surface area contributed by atoms with E-state index in [4.69, 9.17) is 5.73 Å². The minimum atomic E-state index is 0.0156. The molecule has 1 aliphatic heterocycles. The maximum absolute atomic E-state index is 11.7. The lowest BCUT2D eigenvalue weighted by Gasteiger charge is -2.30. The van der Waals surface area contributed by atoms with Crippen LogP contribution < -0.4 is 16.6 Å². The number of rotatable bonds is 3. The zero-order valence-electron chi connectivity index (χ0n) is 10.2. The molecular weight excluding hydrogens is 216 g/mol. The molecule has 5 heteroatoms. The molecule has 1 atom stereocenters. The zero-order chi connectivity index (χ0) is 12.3. The first-order chi connectivity index (χ1) is 8.16. The summed E-state index contributed by atoms with van der Waals surface area (Å²) in [7, 11) is 0. The normalized spacial score (nSPS) is 19.1. The molecule has 5 nitrogen and oxygen atoms in total. The fraction of sp³-hybridized carbons (Fsp3) is 0.583. The number of nitrogens with zero attached hydrogens (tertiary/aromatic N) is 2. The van der Waals surface area contributed by atoms with Crippen LogP contribution in [0.3, 0.4) is 0 Å². The summed E-state index contributed by atoms with van der Waals surface area (Å²) in [6.45, 7) is 7.09. The molecule has 0 spiro atoms. The van der Waals surface area contributed by atoms with Crippen molar-refractivity contribution in [3.05, 3.63) is 28.7 Å². The van der Waals surface area contributed by atoms with Gasteiger partial charge in [-0.1, -0.05) is 0 Å². The van der Waals surface area contributed by atoms with Crippen molar-refractivity contribution in [2.45, 2.75) is 13.0 Å². The molecule has 0 aliphatic carbocycles. The van der Waals surface area contributed by atoms with Crippen LogP contribution in [0.25, 0.3) is 0 Å². The second kappa shape index (κ2) is 5.33. The lowest BCUT2D eigenvalue weighted by Crippen LogP contribution is -2.45. The van der Waals surface area contributed by atoms with E-state index in [1.807, 2.05) is 0 Å². The van der Waals surface area contributed by atoms with E-state index in [1.54, 1.807) is 16.8 Å². The Labute approximate surface area is 101 Å². The first kappa shape index (κ1) is 12.1. The third kappa shape index (κ3) is 3.08. The van der Waals surface area contributed by atoms with Gasteiger partial charge >= 0.3 is 0 Å². The largest absolute Gasteiger partial charge is 0.398 e. The highest BCUT2D eigenvalue weighted by molar-refractivity contribution is 5.33. The van der Waals surface area contributed by atoms with Crippen molar-refractivity contribution >= 4 is 5.69 Å². The first-order valence-electron chi connectivity index (χ1n) is 6.07. The number of piperazine rings is 1. The van der Waals surface area contributed by atoms with E-state index in [1.165, 1.54) is 6.07 Å². The Hall–Kier alpha value is -1.33. The molecular formula is C12H20N4O. The van der Waals surface area contributed by atoms with Crippen molar-refractivity contribution < 1.29 is 0 Å². The van der Waals surface area contributed by atoms with Crippen LogP contribution in [0.1, 0.15) is 13.0 Å². The molecule has 0 aromatic carbocycles. The molecule has 1 aliphatic rings.